The fraction of sp³-hybridized carbons (Fsp3) is 0.250. The summed E-state index contributed by atoms with van der Waals surface area (Å²) >= 11 is 1.55. The van der Waals surface area contributed by atoms with Crippen LogP contribution in [0, 0.1) is 0 Å². The van der Waals surface area contributed by atoms with Crippen LogP contribution in [-0.4, -0.2) is 48.6 Å². The fourth-order valence-corrected chi connectivity index (χ4v) is 4.67. The zero-order chi connectivity index (χ0) is 21.0. The lowest BCUT2D eigenvalue weighted by Crippen LogP contribution is -2.43. The molecule has 1 fully saturated rings. The summed E-state index contributed by atoms with van der Waals surface area (Å²) in [5.41, 5.74) is 2.00. The summed E-state index contributed by atoms with van der Waals surface area (Å²) < 4.78 is 12.4. The molecule has 1 saturated heterocycles. The van der Waals surface area contributed by atoms with E-state index in [2.05, 4.69) is 15.2 Å². The SMILES string of the molecule is O=C(NC(CN1CCOCC1)c1ccccc1)c1ccc(-c2nc3ccccc3s2)o1. The number of fused-ring (bicyclic) bond motifs is 1. The zero-order valence-corrected chi connectivity index (χ0v) is 17.8. The number of morpholine rings is 1. The number of amides is 1. The van der Waals surface area contributed by atoms with Crippen LogP contribution in [0.3, 0.4) is 0 Å². The summed E-state index contributed by atoms with van der Waals surface area (Å²) in [5, 5.41) is 3.93. The average molecular weight is 434 g/mol. The third-order valence-electron chi connectivity index (χ3n) is 5.39. The molecule has 0 bridgehead atoms. The summed E-state index contributed by atoms with van der Waals surface area (Å²) in [5.74, 6) is 0.669. The Labute approximate surface area is 184 Å². The molecule has 1 N–H and O–H groups in total. The van der Waals surface area contributed by atoms with Crippen LogP contribution in [0.25, 0.3) is 21.0 Å². The fourth-order valence-electron chi connectivity index (χ4n) is 3.74. The van der Waals surface area contributed by atoms with Gasteiger partial charge in [0.2, 0.25) is 0 Å². The molecule has 1 atom stereocenters. The number of thiazole rings is 1. The Balaban J connectivity index is 1.34. The Hall–Kier alpha value is -3.00. The molecule has 2 aromatic carbocycles. The first-order valence-corrected chi connectivity index (χ1v) is 11.2. The second-order valence-electron chi connectivity index (χ2n) is 7.50. The molecule has 1 aliphatic heterocycles. The van der Waals surface area contributed by atoms with Crippen molar-refractivity contribution in [3.05, 3.63) is 78.1 Å². The molecular formula is C24H23N3O3S. The van der Waals surface area contributed by atoms with Crippen LogP contribution in [0.2, 0.25) is 0 Å². The molecule has 3 heterocycles. The molecule has 0 radical (unpaired) electrons. The minimum atomic E-state index is -0.227. The third-order valence-corrected chi connectivity index (χ3v) is 6.44. The Morgan fingerprint density at radius 3 is 2.61 bits per heavy atom. The van der Waals surface area contributed by atoms with E-state index in [1.165, 1.54) is 0 Å². The van der Waals surface area contributed by atoms with E-state index in [1.807, 2.05) is 60.7 Å². The summed E-state index contributed by atoms with van der Waals surface area (Å²) in [7, 11) is 0. The standard InChI is InChI=1S/C24H23N3O3S/c28-23(20-10-11-21(30-20)24-26-18-8-4-5-9-22(18)31-24)25-19(17-6-2-1-3-7-17)16-27-12-14-29-15-13-27/h1-11,19H,12-16H2,(H,25,28). The summed E-state index contributed by atoms with van der Waals surface area (Å²) in [6.45, 7) is 3.90. The monoisotopic (exact) mass is 433 g/mol. The van der Waals surface area contributed by atoms with Gasteiger partial charge in [-0.3, -0.25) is 9.69 Å². The van der Waals surface area contributed by atoms with Crippen LogP contribution < -0.4 is 5.32 Å². The van der Waals surface area contributed by atoms with E-state index in [0.717, 1.165) is 53.6 Å². The van der Waals surface area contributed by atoms with E-state index in [-0.39, 0.29) is 17.7 Å². The molecule has 6 nitrogen and oxygen atoms in total. The van der Waals surface area contributed by atoms with Crippen LogP contribution >= 0.6 is 11.3 Å². The number of rotatable bonds is 6. The average Bonchev–Trinajstić information content (AvgIpc) is 3.47. The van der Waals surface area contributed by atoms with Crippen molar-refractivity contribution in [1.29, 1.82) is 0 Å². The second kappa shape index (κ2) is 9.01. The summed E-state index contributed by atoms with van der Waals surface area (Å²) in [4.78, 5) is 20.0. The molecule has 4 aromatic rings. The van der Waals surface area contributed by atoms with Gasteiger partial charge in [0, 0.05) is 19.6 Å². The molecule has 158 valence electrons. The van der Waals surface area contributed by atoms with Gasteiger partial charge in [-0.15, -0.1) is 11.3 Å². The minimum Gasteiger partial charge on any atom is -0.448 e. The van der Waals surface area contributed by atoms with Gasteiger partial charge < -0.3 is 14.5 Å². The van der Waals surface area contributed by atoms with Crippen molar-refractivity contribution in [1.82, 2.24) is 15.2 Å². The van der Waals surface area contributed by atoms with E-state index < -0.39 is 0 Å². The predicted octanol–water partition coefficient (Wildman–Crippen LogP) is 4.36. The van der Waals surface area contributed by atoms with Gasteiger partial charge in [0.25, 0.3) is 5.91 Å². The van der Waals surface area contributed by atoms with Crippen molar-refractivity contribution >= 4 is 27.5 Å². The highest BCUT2D eigenvalue weighted by atomic mass is 32.1. The third kappa shape index (κ3) is 4.54. The Bertz CT molecular complexity index is 1130. The van der Waals surface area contributed by atoms with Gasteiger partial charge in [0.15, 0.2) is 16.5 Å². The molecule has 1 amide bonds. The van der Waals surface area contributed by atoms with Gasteiger partial charge in [0.1, 0.15) is 0 Å². The van der Waals surface area contributed by atoms with Crippen molar-refractivity contribution in [3.63, 3.8) is 0 Å². The van der Waals surface area contributed by atoms with Gasteiger partial charge in [-0.1, -0.05) is 42.5 Å². The van der Waals surface area contributed by atoms with Crippen LogP contribution in [0.4, 0.5) is 0 Å². The molecule has 0 aliphatic carbocycles. The lowest BCUT2D eigenvalue weighted by molar-refractivity contribution is 0.0331. The number of hydrogen-bond donors (Lipinski definition) is 1. The largest absolute Gasteiger partial charge is 0.448 e. The number of ether oxygens (including phenoxy) is 1. The number of carbonyl (C=O) groups excluding carboxylic acids is 1. The molecule has 5 rings (SSSR count). The first kappa shape index (κ1) is 19.9. The van der Waals surface area contributed by atoms with Crippen molar-refractivity contribution in [2.45, 2.75) is 6.04 Å². The maximum Gasteiger partial charge on any atom is 0.287 e. The number of carbonyl (C=O) groups is 1. The first-order valence-electron chi connectivity index (χ1n) is 10.4. The van der Waals surface area contributed by atoms with Crippen molar-refractivity contribution in [3.8, 4) is 10.8 Å². The molecule has 7 heteroatoms. The van der Waals surface area contributed by atoms with E-state index in [1.54, 1.807) is 17.4 Å². The highest BCUT2D eigenvalue weighted by molar-refractivity contribution is 7.21. The van der Waals surface area contributed by atoms with Crippen LogP contribution in [-0.2, 0) is 4.74 Å². The second-order valence-corrected chi connectivity index (χ2v) is 8.53. The lowest BCUT2D eigenvalue weighted by Gasteiger charge is -2.31. The van der Waals surface area contributed by atoms with Gasteiger partial charge in [0.05, 0.1) is 29.5 Å². The number of benzene rings is 2. The Morgan fingerprint density at radius 2 is 1.81 bits per heavy atom. The first-order chi connectivity index (χ1) is 15.3. The van der Waals surface area contributed by atoms with E-state index in [9.17, 15) is 4.79 Å². The summed E-state index contributed by atoms with van der Waals surface area (Å²) in [6.07, 6.45) is 0. The number of furan rings is 1. The maximum atomic E-state index is 13.0. The molecular weight excluding hydrogens is 410 g/mol. The molecule has 2 aromatic heterocycles. The highest BCUT2D eigenvalue weighted by Crippen LogP contribution is 2.31. The molecule has 1 aliphatic rings. The lowest BCUT2D eigenvalue weighted by atomic mass is 10.1. The van der Waals surface area contributed by atoms with Crippen molar-refractivity contribution in [2.24, 2.45) is 0 Å². The van der Waals surface area contributed by atoms with Crippen LogP contribution in [0.15, 0.2) is 71.1 Å². The van der Waals surface area contributed by atoms with Gasteiger partial charge in [-0.05, 0) is 29.8 Å². The van der Waals surface area contributed by atoms with Gasteiger partial charge >= 0.3 is 0 Å². The maximum absolute atomic E-state index is 13.0. The topological polar surface area (TPSA) is 67.6 Å². The number of aromatic nitrogens is 1. The Kier molecular flexibility index (Phi) is 5.80. The van der Waals surface area contributed by atoms with E-state index in [0.29, 0.717) is 5.76 Å². The number of hydrogen-bond acceptors (Lipinski definition) is 6. The molecule has 0 spiro atoms. The number of para-hydroxylation sites is 1. The smallest absolute Gasteiger partial charge is 0.287 e. The van der Waals surface area contributed by atoms with Crippen LogP contribution in [0.1, 0.15) is 22.2 Å². The van der Waals surface area contributed by atoms with Crippen LogP contribution in [0.5, 0.6) is 0 Å². The molecule has 0 saturated carbocycles. The predicted molar refractivity (Wildman–Crippen MR) is 121 cm³/mol. The van der Waals surface area contributed by atoms with Crippen molar-refractivity contribution < 1.29 is 13.9 Å². The summed E-state index contributed by atoms with van der Waals surface area (Å²) in [6, 6.07) is 21.4. The highest BCUT2D eigenvalue weighted by Gasteiger charge is 2.22. The van der Waals surface area contributed by atoms with E-state index >= 15 is 0 Å². The van der Waals surface area contributed by atoms with E-state index in [4.69, 9.17) is 9.15 Å². The Morgan fingerprint density at radius 1 is 1.03 bits per heavy atom. The number of nitrogens with one attached hydrogen (secondary N) is 1. The normalized spacial score (nSPS) is 15.7. The van der Waals surface area contributed by atoms with Gasteiger partial charge in [-0.2, -0.15) is 0 Å². The van der Waals surface area contributed by atoms with Crippen molar-refractivity contribution in [2.75, 3.05) is 32.8 Å². The zero-order valence-electron chi connectivity index (χ0n) is 17.0. The van der Waals surface area contributed by atoms with Gasteiger partial charge in [-0.25, -0.2) is 4.98 Å². The quantitative estimate of drug-likeness (QED) is 0.489. The minimum absolute atomic E-state index is 0.136. The molecule has 31 heavy (non-hydrogen) atoms. The number of nitrogens with zero attached hydrogens (tertiary/aromatic N) is 2. The molecule has 1 unspecified atom stereocenters.